The Morgan fingerprint density at radius 2 is 2.21 bits per heavy atom. The Morgan fingerprint density at radius 3 is 2.79 bits per heavy atom. The predicted molar refractivity (Wildman–Crippen MR) is 59.6 cm³/mol. The maximum atomic E-state index is 6.24. The fraction of sp³-hybridized carbons (Fsp3) is 0.846. The van der Waals surface area contributed by atoms with E-state index in [0.29, 0.717) is 6.04 Å². The van der Waals surface area contributed by atoms with Crippen molar-refractivity contribution in [3.05, 3.63) is 0 Å². The first-order valence-corrected chi connectivity index (χ1v) is 6.00. The van der Waals surface area contributed by atoms with Gasteiger partial charge in [0, 0.05) is 12.5 Å². The lowest BCUT2D eigenvalue weighted by Gasteiger charge is -2.27. The van der Waals surface area contributed by atoms with Crippen molar-refractivity contribution in [1.82, 2.24) is 0 Å². The van der Waals surface area contributed by atoms with Crippen molar-refractivity contribution in [2.75, 3.05) is 0 Å². The summed E-state index contributed by atoms with van der Waals surface area (Å²) in [6.07, 6.45) is 14.2. The van der Waals surface area contributed by atoms with E-state index in [2.05, 4.69) is 5.92 Å². The summed E-state index contributed by atoms with van der Waals surface area (Å²) in [5, 5.41) is 0. The largest absolute Gasteiger partial charge is 0.327 e. The maximum absolute atomic E-state index is 6.24. The molecule has 0 aromatic rings. The van der Waals surface area contributed by atoms with Gasteiger partial charge in [-0.15, -0.1) is 12.3 Å². The number of fused-ring (bicyclic) bond motifs is 2. The van der Waals surface area contributed by atoms with Crippen molar-refractivity contribution in [2.45, 2.75) is 51.0 Å². The third-order valence-electron chi connectivity index (χ3n) is 4.20. The lowest BCUT2D eigenvalue weighted by Crippen LogP contribution is -2.33. The van der Waals surface area contributed by atoms with Gasteiger partial charge in [0.2, 0.25) is 0 Å². The van der Waals surface area contributed by atoms with Gasteiger partial charge in [0.05, 0.1) is 0 Å². The molecule has 4 unspecified atom stereocenters. The fourth-order valence-corrected chi connectivity index (χ4v) is 3.47. The first-order chi connectivity index (χ1) is 6.81. The standard InChI is InChI=1S/C13H21N/c1-2-3-4-5-13(14)12-9-10-6-7-11(12)8-10/h1,10-13H,3-9,14H2. The van der Waals surface area contributed by atoms with E-state index in [1.807, 2.05) is 0 Å². The lowest BCUT2D eigenvalue weighted by molar-refractivity contribution is 0.270. The van der Waals surface area contributed by atoms with Crippen molar-refractivity contribution in [2.24, 2.45) is 23.5 Å². The average Bonchev–Trinajstić information content (AvgIpc) is 2.79. The first-order valence-electron chi connectivity index (χ1n) is 6.00. The maximum Gasteiger partial charge on any atom is 0.00866 e. The van der Waals surface area contributed by atoms with Crippen LogP contribution in [0.2, 0.25) is 0 Å². The molecule has 0 saturated heterocycles. The second-order valence-electron chi connectivity index (χ2n) is 5.10. The summed E-state index contributed by atoms with van der Waals surface area (Å²) in [6.45, 7) is 0. The molecule has 14 heavy (non-hydrogen) atoms. The molecule has 2 saturated carbocycles. The van der Waals surface area contributed by atoms with Gasteiger partial charge in [-0.05, 0) is 49.9 Å². The normalized spacial score (nSPS) is 37.0. The van der Waals surface area contributed by atoms with E-state index >= 15 is 0 Å². The zero-order chi connectivity index (χ0) is 9.97. The Hall–Kier alpha value is -0.480. The summed E-state index contributed by atoms with van der Waals surface area (Å²) in [7, 11) is 0. The van der Waals surface area contributed by atoms with Gasteiger partial charge in [-0.25, -0.2) is 0 Å². The van der Waals surface area contributed by atoms with Gasteiger partial charge in [-0.3, -0.25) is 0 Å². The highest BCUT2D eigenvalue weighted by Gasteiger charge is 2.41. The molecule has 0 amide bonds. The molecule has 2 rings (SSSR count). The summed E-state index contributed by atoms with van der Waals surface area (Å²) in [5.41, 5.74) is 6.24. The number of hydrogen-bond acceptors (Lipinski definition) is 1. The van der Waals surface area contributed by atoms with Crippen LogP contribution in [-0.4, -0.2) is 6.04 Å². The van der Waals surface area contributed by atoms with Gasteiger partial charge in [-0.2, -0.15) is 0 Å². The molecule has 2 aliphatic carbocycles. The Labute approximate surface area is 87.4 Å². The molecule has 0 radical (unpaired) electrons. The minimum Gasteiger partial charge on any atom is -0.327 e. The van der Waals surface area contributed by atoms with Gasteiger partial charge >= 0.3 is 0 Å². The number of nitrogens with two attached hydrogens (primary N) is 1. The monoisotopic (exact) mass is 191 g/mol. The minimum atomic E-state index is 0.429. The zero-order valence-corrected chi connectivity index (χ0v) is 8.91. The molecular formula is C13H21N. The molecule has 0 aromatic heterocycles. The van der Waals surface area contributed by atoms with Crippen LogP contribution in [0.3, 0.4) is 0 Å². The van der Waals surface area contributed by atoms with E-state index in [0.717, 1.165) is 37.0 Å². The van der Waals surface area contributed by atoms with Crippen LogP contribution in [0.25, 0.3) is 0 Å². The van der Waals surface area contributed by atoms with Crippen LogP contribution < -0.4 is 5.73 Å². The molecule has 1 nitrogen and oxygen atoms in total. The zero-order valence-electron chi connectivity index (χ0n) is 8.91. The van der Waals surface area contributed by atoms with Gasteiger partial charge in [0.15, 0.2) is 0 Å². The van der Waals surface area contributed by atoms with E-state index in [4.69, 9.17) is 12.2 Å². The van der Waals surface area contributed by atoms with Crippen molar-refractivity contribution in [1.29, 1.82) is 0 Å². The van der Waals surface area contributed by atoms with E-state index in [9.17, 15) is 0 Å². The molecule has 4 atom stereocenters. The summed E-state index contributed by atoms with van der Waals surface area (Å²) in [4.78, 5) is 0. The third kappa shape index (κ3) is 1.96. The minimum absolute atomic E-state index is 0.429. The summed E-state index contributed by atoms with van der Waals surface area (Å²) in [6, 6.07) is 0.429. The van der Waals surface area contributed by atoms with Crippen molar-refractivity contribution >= 4 is 0 Å². The molecule has 1 heteroatoms. The molecule has 0 aromatic carbocycles. The molecule has 0 heterocycles. The Morgan fingerprint density at radius 1 is 1.36 bits per heavy atom. The number of hydrogen-bond donors (Lipinski definition) is 1. The molecule has 2 bridgehead atoms. The van der Waals surface area contributed by atoms with Crippen LogP contribution in [-0.2, 0) is 0 Å². The second-order valence-corrected chi connectivity index (χ2v) is 5.10. The number of terminal acetylenes is 1. The van der Waals surface area contributed by atoms with Crippen LogP contribution in [0.15, 0.2) is 0 Å². The van der Waals surface area contributed by atoms with Crippen LogP contribution in [0.1, 0.15) is 44.9 Å². The average molecular weight is 191 g/mol. The van der Waals surface area contributed by atoms with Gasteiger partial charge < -0.3 is 5.73 Å². The molecule has 2 fully saturated rings. The van der Waals surface area contributed by atoms with Crippen molar-refractivity contribution in [3.8, 4) is 12.3 Å². The molecular weight excluding hydrogens is 170 g/mol. The summed E-state index contributed by atoms with van der Waals surface area (Å²) in [5.74, 6) is 5.49. The Balaban J connectivity index is 1.76. The Bertz CT molecular complexity index is 228. The highest BCUT2D eigenvalue weighted by atomic mass is 14.7. The topological polar surface area (TPSA) is 26.0 Å². The second kappa shape index (κ2) is 4.36. The van der Waals surface area contributed by atoms with Crippen molar-refractivity contribution < 1.29 is 0 Å². The molecule has 78 valence electrons. The van der Waals surface area contributed by atoms with Gasteiger partial charge in [0.25, 0.3) is 0 Å². The first kappa shape index (κ1) is 10.1. The van der Waals surface area contributed by atoms with Gasteiger partial charge in [0.1, 0.15) is 0 Å². The van der Waals surface area contributed by atoms with Crippen LogP contribution in [0.5, 0.6) is 0 Å². The predicted octanol–water partition coefficient (Wildman–Crippen LogP) is 2.55. The Kier molecular flexibility index (Phi) is 3.13. The number of rotatable bonds is 4. The fourth-order valence-electron chi connectivity index (χ4n) is 3.47. The quantitative estimate of drug-likeness (QED) is 0.536. The molecule has 2 N–H and O–H groups in total. The molecule has 0 spiro atoms. The van der Waals surface area contributed by atoms with E-state index in [1.165, 1.54) is 25.7 Å². The van der Waals surface area contributed by atoms with Crippen molar-refractivity contribution in [3.63, 3.8) is 0 Å². The lowest BCUT2D eigenvalue weighted by atomic mass is 9.82. The van der Waals surface area contributed by atoms with E-state index in [1.54, 1.807) is 0 Å². The van der Waals surface area contributed by atoms with E-state index in [-0.39, 0.29) is 0 Å². The summed E-state index contributed by atoms with van der Waals surface area (Å²) < 4.78 is 0. The SMILES string of the molecule is C#CCCCC(N)C1CC2CCC1C2. The van der Waals surface area contributed by atoms with Crippen LogP contribution in [0, 0.1) is 30.1 Å². The van der Waals surface area contributed by atoms with Crippen LogP contribution >= 0.6 is 0 Å². The third-order valence-corrected chi connectivity index (χ3v) is 4.20. The summed E-state index contributed by atoms with van der Waals surface area (Å²) >= 11 is 0. The smallest absolute Gasteiger partial charge is 0.00866 e. The van der Waals surface area contributed by atoms with Gasteiger partial charge in [-0.1, -0.05) is 6.42 Å². The molecule has 2 aliphatic rings. The number of unbranched alkanes of at least 4 members (excludes halogenated alkanes) is 1. The van der Waals surface area contributed by atoms with E-state index < -0.39 is 0 Å². The molecule has 0 aliphatic heterocycles. The van der Waals surface area contributed by atoms with Crippen LogP contribution in [0.4, 0.5) is 0 Å². The highest BCUT2D eigenvalue weighted by molar-refractivity contribution is 4.94. The highest BCUT2D eigenvalue weighted by Crippen LogP contribution is 2.49.